The van der Waals surface area contributed by atoms with Gasteiger partial charge in [0.05, 0.1) is 23.7 Å². The van der Waals surface area contributed by atoms with Crippen molar-refractivity contribution in [3.8, 4) is 6.01 Å². The third-order valence-electron chi connectivity index (χ3n) is 6.10. The van der Waals surface area contributed by atoms with Crippen molar-refractivity contribution in [2.75, 3.05) is 13.2 Å². The maximum atomic E-state index is 13.4. The summed E-state index contributed by atoms with van der Waals surface area (Å²) in [7, 11) is 0. The van der Waals surface area contributed by atoms with E-state index in [-0.39, 0.29) is 25.0 Å². The molecule has 5 N–H and O–H groups in total. The molecule has 36 heavy (non-hydrogen) atoms. The number of aliphatic hydroxyl groups excluding tert-OH is 2. The molecule has 10 heteroatoms. The smallest absolute Gasteiger partial charge is 0.394 e. The summed E-state index contributed by atoms with van der Waals surface area (Å²) < 4.78 is 5.12. The quantitative estimate of drug-likeness (QED) is 0.267. The second-order valence-electron chi connectivity index (χ2n) is 8.48. The molecule has 1 aliphatic rings. The van der Waals surface area contributed by atoms with Crippen molar-refractivity contribution in [3.63, 3.8) is 0 Å². The van der Waals surface area contributed by atoms with Crippen molar-refractivity contribution in [2.45, 2.75) is 18.4 Å². The summed E-state index contributed by atoms with van der Waals surface area (Å²) in [6, 6.07) is 21.3. The SMILES string of the molecule is O=C(NCC(O)CO)Oc1nc2ccc(C3(O)c4ccccc4C(=O)N3Cc3ccccc3)cc2[nH]1. The highest BCUT2D eigenvalue weighted by atomic mass is 16.6. The predicted octanol–water partition coefficient (Wildman–Crippen LogP) is 1.85. The molecule has 0 radical (unpaired) electrons. The van der Waals surface area contributed by atoms with Crippen molar-refractivity contribution >= 4 is 23.0 Å². The first-order valence-corrected chi connectivity index (χ1v) is 11.3. The number of aliphatic hydroxyl groups is 3. The highest BCUT2D eigenvalue weighted by Crippen LogP contribution is 2.43. The van der Waals surface area contributed by atoms with Gasteiger partial charge in [-0.05, 0) is 23.8 Å². The van der Waals surface area contributed by atoms with Crippen LogP contribution in [0.25, 0.3) is 11.0 Å². The monoisotopic (exact) mass is 488 g/mol. The average molecular weight is 489 g/mol. The Morgan fingerprint density at radius 2 is 1.86 bits per heavy atom. The summed E-state index contributed by atoms with van der Waals surface area (Å²) in [6.07, 6.45) is -1.96. The number of aromatic amines is 1. The van der Waals surface area contributed by atoms with Gasteiger partial charge in [0.1, 0.15) is 0 Å². The molecule has 0 spiro atoms. The van der Waals surface area contributed by atoms with Gasteiger partial charge in [0.15, 0.2) is 5.72 Å². The number of carbonyl (C=O) groups is 2. The Balaban J connectivity index is 1.48. The molecule has 2 amide bonds. The lowest BCUT2D eigenvalue weighted by molar-refractivity contribution is -0.0542. The Bertz CT molecular complexity index is 1420. The van der Waals surface area contributed by atoms with Gasteiger partial charge in [-0.15, -0.1) is 0 Å². The summed E-state index contributed by atoms with van der Waals surface area (Å²) in [4.78, 5) is 33.9. The third-order valence-corrected chi connectivity index (χ3v) is 6.10. The molecule has 0 saturated heterocycles. The number of hydrogen-bond acceptors (Lipinski definition) is 7. The minimum Gasteiger partial charge on any atom is -0.394 e. The normalized spacial score (nSPS) is 17.8. The second-order valence-corrected chi connectivity index (χ2v) is 8.48. The molecule has 4 aromatic rings. The van der Waals surface area contributed by atoms with Crippen LogP contribution >= 0.6 is 0 Å². The molecule has 5 rings (SSSR count). The van der Waals surface area contributed by atoms with Crippen LogP contribution in [0.1, 0.15) is 27.0 Å². The Morgan fingerprint density at radius 3 is 2.64 bits per heavy atom. The van der Waals surface area contributed by atoms with E-state index in [1.807, 2.05) is 30.3 Å². The number of hydrogen-bond donors (Lipinski definition) is 5. The van der Waals surface area contributed by atoms with Gasteiger partial charge in [0.25, 0.3) is 5.91 Å². The highest BCUT2D eigenvalue weighted by molar-refractivity contribution is 6.00. The van der Waals surface area contributed by atoms with E-state index in [1.54, 1.807) is 42.5 Å². The first-order valence-electron chi connectivity index (χ1n) is 11.3. The lowest BCUT2D eigenvalue weighted by Gasteiger charge is -2.35. The summed E-state index contributed by atoms with van der Waals surface area (Å²) in [5.74, 6) is -0.285. The molecule has 1 aliphatic heterocycles. The first-order chi connectivity index (χ1) is 17.4. The number of imidazole rings is 1. The van der Waals surface area contributed by atoms with Crippen LogP contribution in [0.2, 0.25) is 0 Å². The zero-order chi connectivity index (χ0) is 25.3. The van der Waals surface area contributed by atoms with Gasteiger partial charge >= 0.3 is 12.1 Å². The topological polar surface area (TPSA) is 148 Å². The van der Waals surface area contributed by atoms with Crippen LogP contribution in [0.5, 0.6) is 6.01 Å². The van der Waals surface area contributed by atoms with Gasteiger partial charge in [-0.3, -0.25) is 9.69 Å². The Kier molecular flexibility index (Phi) is 6.15. The maximum absolute atomic E-state index is 13.4. The Hall–Kier alpha value is -4.25. The number of benzene rings is 3. The van der Waals surface area contributed by atoms with E-state index in [1.165, 1.54) is 4.90 Å². The van der Waals surface area contributed by atoms with Crippen molar-refractivity contribution in [1.29, 1.82) is 0 Å². The summed E-state index contributed by atoms with van der Waals surface area (Å²) in [6.45, 7) is -0.485. The molecule has 2 atom stereocenters. The van der Waals surface area contributed by atoms with Gasteiger partial charge < -0.3 is 30.4 Å². The van der Waals surface area contributed by atoms with Crippen LogP contribution in [0, 0.1) is 0 Å². The largest absolute Gasteiger partial charge is 0.415 e. The number of aromatic nitrogens is 2. The Morgan fingerprint density at radius 1 is 1.11 bits per heavy atom. The molecular formula is C26H24N4O6. The number of nitrogens with zero attached hydrogens (tertiary/aromatic N) is 2. The van der Waals surface area contributed by atoms with Gasteiger partial charge in [-0.2, -0.15) is 4.98 Å². The van der Waals surface area contributed by atoms with Gasteiger partial charge in [-0.1, -0.05) is 54.6 Å². The van der Waals surface area contributed by atoms with E-state index < -0.39 is 24.5 Å². The fourth-order valence-electron chi connectivity index (χ4n) is 4.32. The molecular weight excluding hydrogens is 464 g/mol. The number of fused-ring (bicyclic) bond motifs is 2. The van der Waals surface area contributed by atoms with Crippen LogP contribution in [-0.2, 0) is 12.3 Å². The first kappa shape index (κ1) is 23.5. The predicted molar refractivity (Wildman–Crippen MR) is 129 cm³/mol. The molecule has 10 nitrogen and oxygen atoms in total. The average Bonchev–Trinajstić information content (AvgIpc) is 3.40. The zero-order valence-corrected chi connectivity index (χ0v) is 19.1. The van der Waals surface area contributed by atoms with E-state index in [0.717, 1.165) is 5.56 Å². The van der Waals surface area contributed by atoms with Crippen molar-refractivity contribution in [1.82, 2.24) is 20.2 Å². The number of amides is 2. The summed E-state index contributed by atoms with van der Waals surface area (Å²) in [5, 5.41) is 32.6. The third kappa shape index (κ3) is 4.17. The Labute approximate surface area is 205 Å². The number of nitrogens with one attached hydrogen (secondary N) is 2. The molecule has 184 valence electrons. The van der Waals surface area contributed by atoms with Gasteiger partial charge in [-0.25, -0.2) is 4.79 Å². The molecule has 0 aliphatic carbocycles. The van der Waals surface area contributed by atoms with Crippen LogP contribution in [0.15, 0.2) is 72.8 Å². The van der Waals surface area contributed by atoms with Crippen LogP contribution < -0.4 is 10.1 Å². The van der Waals surface area contributed by atoms with Crippen molar-refractivity contribution in [3.05, 3.63) is 95.1 Å². The molecule has 0 bridgehead atoms. The molecule has 0 fully saturated rings. The van der Waals surface area contributed by atoms with Gasteiger partial charge in [0, 0.05) is 29.8 Å². The highest BCUT2D eigenvalue weighted by Gasteiger charge is 2.49. The minimum absolute atomic E-state index is 0.0887. The van der Waals surface area contributed by atoms with Crippen molar-refractivity contribution < 1.29 is 29.6 Å². The number of rotatable bonds is 7. The molecule has 2 heterocycles. The molecule has 2 unspecified atom stereocenters. The fourth-order valence-corrected chi connectivity index (χ4v) is 4.32. The number of carbonyl (C=O) groups excluding carboxylic acids is 2. The molecule has 0 saturated carbocycles. The van der Waals surface area contributed by atoms with Crippen molar-refractivity contribution in [2.24, 2.45) is 0 Å². The van der Waals surface area contributed by atoms with Gasteiger partial charge in [0.2, 0.25) is 0 Å². The lowest BCUT2D eigenvalue weighted by Crippen LogP contribution is -2.44. The fraction of sp³-hybridized carbons (Fsp3) is 0.192. The molecule has 3 aromatic carbocycles. The van der Waals surface area contributed by atoms with E-state index in [4.69, 9.17) is 9.84 Å². The van der Waals surface area contributed by atoms with E-state index in [2.05, 4.69) is 15.3 Å². The van der Waals surface area contributed by atoms with Crippen LogP contribution in [-0.4, -0.2) is 61.4 Å². The van der Waals surface area contributed by atoms with E-state index >= 15 is 0 Å². The minimum atomic E-state index is -1.73. The standard InChI is InChI=1S/C26H24N4O6/c31-15-18(32)13-27-25(34)36-24-28-21-11-10-17(12-22(21)29-24)26(35)20-9-5-4-8-19(20)23(33)30(26)14-16-6-2-1-3-7-16/h1-12,18,31-32,35H,13-15H2,(H,27,34)(H,28,29). The van der Waals surface area contributed by atoms with Crippen LogP contribution in [0.4, 0.5) is 4.79 Å². The van der Waals surface area contributed by atoms with E-state index in [9.17, 15) is 19.8 Å². The zero-order valence-electron chi connectivity index (χ0n) is 19.1. The summed E-state index contributed by atoms with van der Waals surface area (Å²) in [5.41, 5.74) is 1.43. The second kappa shape index (κ2) is 9.42. The summed E-state index contributed by atoms with van der Waals surface area (Å²) >= 11 is 0. The maximum Gasteiger partial charge on any atom is 0.415 e. The number of ether oxygens (including phenoxy) is 1. The molecule has 1 aromatic heterocycles. The number of H-pyrrole nitrogens is 1. The van der Waals surface area contributed by atoms with E-state index in [0.29, 0.717) is 27.7 Å². The van der Waals surface area contributed by atoms with Crippen LogP contribution in [0.3, 0.4) is 0 Å². The lowest BCUT2D eigenvalue weighted by atomic mass is 9.93.